The summed E-state index contributed by atoms with van der Waals surface area (Å²) in [6, 6.07) is 16.3. The number of hydrogen-bond donors (Lipinski definition) is 2. The Balaban J connectivity index is 2.02. The summed E-state index contributed by atoms with van der Waals surface area (Å²) in [6.45, 7) is 0. The molecule has 0 aliphatic carbocycles. The molecule has 4 rings (SSSR count). The number of nitrogens with one attached hydrogen (secondary N) is 2. The van der Waals surface area contributed by atoms with Crippen molar-refractivity contribution in [1.82, 2.24) is 9.55 Å². The third-order valence-electron chi connectivity index (χ3n) is 4.54. The fraction of sp³-hybridized carbons (Fsp3) is 0.105. The van der Waals surface area contributed by atoms with Crippen molar-refractivity contribution in [2.75, 3.05) is 10.2 Å². The van der Waals surface area contributed by atoms with E-state index in [0.29, 0.717) is 21.5 Å². The van der Waals surface area contributed by atoms with Gasteiger partial charge in [-0.2, -0.15) is 0 Å². The van der Waals surface area contributed by atoms with Crippen LogP contribution >= 0.6 is 23.8 Å². The van der Waals surface area contributed by atoms with Crippen LogP contribution < -0.4 is 21.5 Å². The molecule has 0 spiro atoms. The maximum atomic E-state index is 13.0. The number of thiocarbonyl (C=S) groups is 1. The molecule has 1 aromatic heterocycles. The molecule has 6 nitrogen and oxygen atoms in total. The van der Waals surface area contributed by atoms with Crippen LogP contribution in [0.25, 0.3) is 0 Å². The minimum Gasteiger partial charge on any atom is -0.318 e. The summed E-state index contributed by atoms with van der Waals surface area (Å²) in [5.41, 5.74) is 1.19. The minimum atomic E-state index is -0.510. The normalized spacial score (nSPS) is 16.0. The minimum absolute atomic E-state index is 0.320. The lowest BCUT2D eigenvalue weighted by molar-refractivity contribution is 0.718. The first-order valence-corrected chi connectivity index (χ1v) is 9.00. The van der Waals surface area contributed by atoms with E-state index in [1.807, 2.05) is 47.4 Å². The number of halogens is 1. The second kappa shape index (κ2) is 6.68. The number of benzene rings is 2. The van der Waals surface area contributed by atoms with Gasteiger partial charge in [0.2, 0.25) is 0 Å². The van der Waals surface area contributed by atoms with Crippen LogP contribution in [-0.4, -0.2) is 14.7 Å². The fourth-order valence-electron chi connectivity index (χ4n) is 3.22. The van der Waals surface area contributed by atoms with E-state index in [-0.39, 0.29) is 5.56 Å². The topological polar surface area (TPSA) is 70.1 Å². The van der Waals surface area contributed by atoms with Crippen LogP contribution in [0.3, 0.4) is 0 Å². The van der Waals surface area contributed by atoms with Crippen molar-refractivity contribution in [3.63, 3.8) is 0 Å². The van der Waals surface area contributed by atoms with Crippen molar-refractivity contribution in [2.24, 2.45) is 7.05 Å². The maximum Gasteiger partial charge on any atom is 0.329 e. The summed E-state index contributed by atoms with van der Waals surface area (Å²) in [5, 5.41) is 3.97. The summed E-state index contributed by atoms with van der Waals surface area (Å²) in [4.78, 5) is 29.6. The predicted octanol–water partition coefficient (Wildman–Crippen LogP) is 3.03. The standard InChI is InChI=1S/C19H15ClN4O2S/c1-23-17(25)14-15(11-7-9-12(20)10-8-11)24(13-5-3-2-4-6-13)19(27)22-16(14)21-18(23)26/h2-10,15H,1H3,(H,21,26)(H,22,27). The van der Waals surface area contributed by atoms with Gasteiger partial charge in [0.1, 0.15) is 5.82 Å². The van der Waals surface area contributed by atoms with Crippen molar-refractivity contribution in [3.05, 3.63) is 91.6 Å². The Morgan fingerprint density at radius 1 is 1.04 bits per heavy atom. The zero-order valence-corrected chi connectivity index (χ0v) is 15.8. The predicted molar refractivity (Wildman–Crippen MR) is 111 cm³/mol. The van der Waals surface area contributed by atoms with Crippen LogP contribution in [0.2, 0.25) is 5.02 Å². The average molecular weight is 399 g/mol. The van der Waals surface area contributed by atoms with Gasteiger partial charge in [-0.1, -0.05) is 41.9 Å². The second-order valence-electron chi connectivity index (χ2n) is 6.17. The van der Waals surface area contributed by atoms with Crippen LogP contribution in [0, 0.1) is 0 Å². The molecule has 1 unspecified atom stereocenters. The molecule has 8 heteroatoms. The highest BCUT2D eigenvalue weighted by atomic mass is 35.5. The van der Waals surface area contributed by atoms with Gasteiger partial charge in [-0.25, -0.2) is 4.79 Å². The summed E-state index contributed by atoms with van der Waals surface area (Å²) in [5.74, 6) is 0.320. The van der Waals surface area contributed by atoms with Crippen molar-refractivity contribution in [3.8, 4) is 0 Å². The average Bonchev–Trinajstić information content (AvgIpc) is 2.66. The molecule has 0 amide bonds. The number of para-hydroxylation sites is 1. The lowest BCUT2D eigenvalue weighted by Gasteiger charge is -2.39. The van der Waals surface area contributed by atoms with Gasteiger partial charge in [-0.05, 0) is 42.0 Å². The van der Waals surface area contributed by atoms with Crippen molar-refractivity contribution < 1.29 is 0 Å². The Labute approximate surface area is 165 Å². The lowest BCUT2D eigenvalue weighted by atomic mass is 9.96. The zero-order chi connectivity index (χ0) is 19.1. The Hall–Kier alpha value is -2.90. The molecule has 136 valence electrons. The van der Waals surface area contributed by atoms with Crippen LogP contribution in [0.15, 0.2) is 64.2 Å². The number of nitrogens with zero attached hydrogens (tertiary/aromatic N) is 2. The molecule has 2 heterocycles. The van der Waals surface area contributed by atoms with Crippen LogP contribution in [0.5, 0.6) is 0 Å². The third-order valence-corrected chi connectivity index (χ3v) is 5.09. The van der Waals surface area contributed by atoms with Gasteiger partial charge in [0.15, 0.2) is 5.11 Å². The summed E-state index contributed by atoms with van der Waals surface area (Å²) in [6.07, 6.45) is 0. The lowest BCUT2D eigenvalue weighted by Crippen LogP contribution is -2.49. The largest absolute Gasteiger partial charge is 0.329 e. The Morgan fingerprint density at radius 2 is 1.70 bits per heavy atom. The molecule has 2 N–H and O–H groups in total. The van der Waals surface area contributed by atoms with Crippen molar-refractivity contribution in [1.29, 1.82) is 0 Å². The van der Waals surface area contributed by atoms with Crippen molar-refractivity contribution in [2.45, 2.75) is 6.04 Å². The van der Waals surface area contributed by atoms with E-state index < -0.39 is 11.7 Å². The number of anilines is 2. The molecule has 0 radical (unpaired) electrons. The first-order valence-electron chi connectivity index (χ1n) is 8.21. The highest BCUT2D eigenvalue weighted by Gasteiger charge is 2.36. The second-order valence-corrected chi connectivity index (χ2v) is 7.00. The summed E-state index contributed by atoms with van der Waals surface area (Å²) in [7, 11) is 1.44. The Kier molecular flexibility index (Phi) is 4.33. The highest BCUT2D eigenvalue weighted by Crippen LogP contribution is 2.37. The molecular formula is C19H15ClN4O2S. The van der Waals surface area contributed by atoms with E-state index in [1.54, 1.807) is 12.1 Å². The van der Waals surface area contributed by atoms with Crippen LogP contribution in [-0.2, 0) is 7.05 Å². The Bertz CT molecular complexity index is 1140. The van der Waals surface area contributed by atoms with Gasteiger partial charge in [0.05, 0.1) is 11.6 Å². The molecule has 0 saturated heterocycles. The molecule has 3 aromatic rings. The van der Waals surface area contributed by atoms with Gasteiger partial charge in [0.25, 0.3) is 5.56 Å². The fourth-order valence-corrected chi connectivity index (χ4v) is 3.66. The number of aromatic amines is 1. The van der Waals surface area contributed by atoms with Gasteiger partial charge in [-0.15, -0.1) is 0 Å². The van der Waals surface area contributed by atoms with Gasteiger partial charge in [0, 0.05) is 17.8 Å². The maximum absolute atomic E-state index is 13.0. The molecule has 27 heavy (non-hydrogen) atoms. The number of rotatable bonds is 2. The van der Waals surface area contributed by atoms with Crippen LogP contribution in [0.1, 0.15) is 17.2 Å². The quantitative estimate of drug-likeness (QED) is 0.649. The molecular weight excluding hydrogens is 384 g/mol. The van der Waals surface area contributed by atoms with Gasteiger partial charge < -0.3 is 10.2 Å². The first-order chi connectivity index (χ1) is 13.0. The van der Waals surface area contributed by atoms with E-state index >= 15 is 0 Å². The van der Waals surface area contributed by atoms with Crippen LogP contribution in [0.4, 0.5) is 11.5 Å². The van der Waals surface area contributed by atoms with E-state index in [9.17, 15) is 9.59 Å². The van der Waals surface area contributed by atoms with Gasteiger partial charge in [-0.3, -0.25) is 14.3 Å². The third kappa shape index (κ3) is 2.94. The van der Waals surface area contributed by atoms with E-state index in [0.717, 1.165) is 15.8 Å². The molecule has 1 atom stereocenters. The number of fused-ring (bicyclic) bond motifs is 1. The molecule has 1 aliphatic heterocycles. The number of aromatic nitrogens is 2. The number of H-pyrrole nitrogens is 1. The SMILES string of the molecule is Cn1c(=O)[nH]c2c(c1=O)C(c1ccc(Cl)cc1)N(c1ccccc1)C(=S)N2. The zero-order valence-electron chi connectivity index (χ0n) is 14.3. The first kappa shape index (κ1) is 17.5. The smallest absolute Gasteiger partial charge is 0.318 e. The van der Waals surface area contributed by atoms with Gasteiger partial charge >= 0.3 is 5.69 Å². The van der Waals surface area contributed by atoms with Crippen molar-refractivity contribution >= 4 is 40.4 Å². The molecule has 1 aliphatic rings. The molecule has 0 bridgehead atoms. The van der Waals surface area contributed by atoms with E-state index in [1.165, 1.54) is 7.05 Å². The highest BCUT2D eigenvalue weighted by molar-refractivity contribution is 7.80. The monoisotopic (exact) mass is 398 g/mol. The van der Waals surface area contributed by atoms with E-state index in [2.05, 4.69) is 10.3 Å². The molecule has 2 aromatic carbocycles. The summed E-state index contributed by atoms with van der Waals surface area (Å²) >= 11 is 11.6. The Morgan fingerprint density at radius 3 is 2.37 bits per heavy atom. The number of hydrogen-bond acceptors (Lipinski definition) is 3. The molecule has 0 fully saturated rings. The summed E-state index contributed by atoms with van der Waals surface area (Å²) < 4.78 is 1.06. The van der Waals surface area contributed by atoms with E-state index in [4.69, 9.17) is 23.8 Å². The molecule has 0 saturated carbocycles.